The van der Waals surface area contributed by atoms with Gasteiger partial charge in [0, 0.05) is 49.4 Å². The van der Waals surface area contributed by atoms with Crippen molar-refractivity contribution in [2.45, 2.75) is 45.4 Å². The highest BCUT2D eigenvalue weighted by Crippen LogP contribution is 2.33. The molecule has 184 valence electrons. The van der Waals surface area contributed by atoms with Crippen LogP contribution in [-0.4, -0.2) is 49.8 Å². The summed E-state index contributed by atoms with van der Waals surface area (Å²) in [6, 6.07) is 10.6. The van der Waals surface area contributed by atoms with Crippen molar-refractivity contribution < 1.29 is 0 Å². The first-order valence-electron chi connectivity index (χ1n) is 13.1. The number of hydrogen-bond acceptors (Lipinski definition) is 6. The first-order valence-corrected chi connectivity index (χ1v) is 13.1. The first kappa shape index (κ1) is 22.5. The summed E-state index contributed by atoms with van der Waals surface area (Å²) >= 11 is 0. The molecule has 1 aromatic carbocycles. The van der Waals surface area contributed by atoms with Crippen molar-refractivity contribution in [3.63, 3.8) is 0 Å². The molecule has 1 saturated heterocycles. The largest absolute Gasteiger partial charge is 0.384 e. The molecule has 5 heterocycles. The number of nitrogens with zero attached hydrogens (tertiary/aromatic N) is 5. The summed E-state index contributed by atoms with van der Waals surface area (Å²) in [4.78, 5) is 20.1. The second kappa shape index (κ2) is 9.97. The van der Waals surface area contributed by atoms with E-state index in [0.29, 0.717) is 5.65 Å². The van der Waals surface area contributed by atoms with Crippen LogP contribution < -0.4 is 10.2 Å². The van der Waals surface area contributed by atoms with Crippen molar-refractivity contribution in [2.75, 3.05) is 29.9 Å². The smallest absolute Gasteiger partial charge is 0.181 e. The van der Waals surface area contributed by atoms with Gasteiger partial charge < -0.3 is 15.2 Å². The molecule has 1 aliphatic rings. The lowest BCUT2D eigenvalue weighted by Gasteiger charge is -2.28. The van der Waals surface area contributed by atoms with Crippen molar-refractivity contribution in [3.8, 4) is 22.6 Å². The average Bonchev–Trinajstić information content (AvgIpc) is 3.55. The van der Waals surface area contributed by atoms with Crippen LogP contribution in [0.1, 0.15) is 45.4 Å². The van der Waals surface area contributed by atoms with E-state index in [-0.39, 0.29) is 0 Å². The summed E-state index contributed by atoms with van der Waals surface area (Å²) in [6.45, 7) is 5.34. The quantitative estimate of drug-likeness (QED) is 0.230. The van der Waals surface area contributed by atoms with Gasteiger partial charge in [-0.3, -0.25) is 10.1 Å². The molecule has 8 nitrogen and oxygen atoms in total. The van der Waals surface area contributed by atoms with Crippen molar-refractivity contribution in [2.24, 2.45) is 0 Å². The van der Waals surface area contributed by atoms with Gasteiger partial charge in [0.15, 0.2) is 11.5 Å². The molecule has 0 radical (unpaired) electrons. The molecule has 0 aliphatic carbocycles. The maximum atomic E-state index is 5.03. The third-order valence-corrected chi connectivity index (χ3v) is 7.02. The number of piperidine rings is 1. The minimum absolute atomic E-state index is 0.673. The Morgan fingerprint density at radius 3 is 2.78 bits per heavy atom. The molecule has 3 N–H and O–H groups in total. The number of imidazole rings is 1. The lowest BCUT2D eigenvalue weighted by molar-refractivity contribution is 0.579. The number of aromatic nitrogens is 6. The number of benzene rings is 1. The molecule has 0 atom stereocenters. The Morgan fingerprint density at radius 1 is 1.00 bits per heavy atom. The van der Waals surface area contributed by atoms with Gasteiger partial charge in [0.05, 0.1) is 22.3 Å². The lowest BCUT2D eigenvalue weighted by Crippen LogP contribution is -2.29. The van der Waals surface area contributed by atoms with Gasteiger partial charge >= 0.3 is 0 Å². The van der Waals surface area contributed by atoms with Gasteiger partial charge in [-0.15, -0.1) is 0 Å². The molecule has 1 fully saturated rings. The number of anilines is 2. The SMILES string of the molecule is CCCCCNc1cncc(-c2cnc3n[nH]c(-c4nc5c(N6CCCCC6)cccc5[nH]4)c3c2)c1. The summed E-state index contributed by atoms with van der Waals surface area (Å²) in [5, 5.41) is 12.0. The highest BCUT2D eigenvalue weighted by atomic mass is 15.2. The van der Waals surface area contributed by atoms with Crippen LogP contribution in [-0.2, 0) is 0 Å². The Balaban J connectivity index is 1.33. The second-order valence-corrected chi connectivity index (χ2v) is 9.60. The number of nitrogens with one attached hydrogen (secondary N) is 3. The molecule has 4 aromatic heterocycles. The molecule has 0 amide bonds. The molecule has 0 unspecified atom stereocenters. The Kier molecular flexibility index (Phi) is 6.24. The van der Waals surface area contributed by atoms with Gasteiger partial charge in [0.1, 0.15) is 11.2 Å². The second-order valence-electron chi connectivity index (χ2n) is 9.60. The van der Waals surface area contributed by atoms with Gasteiger partial charge in [-0.2, -0.15) is 5.10 Å². The molecule has 8 heteroatoms. The Morgan fingerprint density at radius 2 is 1.89 bits per heavy atom. The highest BCUT2D eigenvalue weighted by molar-refractivity contribution is 5.96. The van der Waals surface area contributed by atoms with E-state index in [1.807, 2.05) is 18.6 Å². The number of fused-ring (bicyclic) bond motifs is 2. The number of unbranched alkanes of at least 4 members (excludes halogenated alkanes) is 2. The molecular weight excluding hydrogens is 448 g/mol. The Hall–Kier alpha value is -3.94. The fraction of sp³-hybridized carbons (Fsp3) is 0.357. The maximum absolute atomic E-state index is 5.03. The number of para-hydroxylation sites is 1. The monoisotopic (exact) mass is 480 g/mol. The first-order chi connectivity index (χ1) is 17.8. The third kappa shape index (κ3) is 4.39. The van der Waals surface area contributed by atoms with Gasteiger partial charge in [-0.1, -0.05) is 25.8 Å². The number of aromatic amines is 2. The van der Waals surface area contributed by atoms with Crippen LogP contribution in [0.5, 0.6) is 0 Å². The number of pyridine rings is 2. The van der Waals surface area contributed by atoms with E-state index in [1.165, 1.54) is 37.8 Å². The minimum Gasteiger partial charge on any atom is -0.384 e. The van der Waals surface area contributed by atoms with Crippen molar-refractivity contribution >= 4 is 33.4 Å². The van der Waals surface area contributed by atoms with Crippen LogP contribution in [0.2, 0.25) is 0 Å². The molecule has 36 heavy (non-hydrogen) atoms. The molecule has 0 saturated carbocycles. The third-order valence-electron chi connectivity index (χ3n) is 7.02. The van der Waals surface area contributed by atoms with E-state index >= 15 is 0 Å². The van der Waals surface area contributed by atoms with Crippen LogP contribution in [0.3, 0.4) is 0 Å². The van der Waals surface area contributed by atoms with Crippen LogP contribution >= 0.6 is 0 Å². The van der Waals surface area contributed by atoms with Gasteiger partial charge in [-0.25, -0.2) is 9.97 Å². The lowest BCUT2D eigenvalue weighted by atomic mass is 10.1. The number of hydrogen-bond donors (Lipinski definition) is 3. The summed E-state index contributed by atoms with van der Waals surface area (Å²) in [7, 11) is 0. The van der Waals surface area contributed by atoms with Crippen LogP contribution in [0.4, 0.5) is 11.4 Å². The average molecular weight is 481 g/mol. The van der Waals surface area contributed by atoms with Crippen LogP contribution in [0.25, 0.3) is 44.7 Å². The normalized spacial score (nSPS) is 14.1. The van der Waals surface area contributed by atoms with E-state index in [4.69, 9.17) is 4.98 Å². The minimum atomic E-state index is 0.673. The molecule has 0 bridgehead atoms. The Labute approximate surface area is 210 Å². The summed E-state index contributed by atoms with van der Waals surface area (Å²) in [5.74, 6) is 0.778. The predicted octanol–water partition coefficient (Wildman–Crippen LogP) is 6.16. The molecule has 5 aromatic rings. The van der Waals surface area contributed by atoms with E-state index in [0.717, 1.165) is 70.8 Å². The van der Waals surface area contributed by atoms with E-state index in [2.05, 4.69) is 72.6 Å². The molecule has 0 spiro atoms. The topological polar surface area (TPSA) is 98.4 Å². The maximum Gasteiger partial charge on any atom is 0.181 e. The fourth-order valence-electron chi connectivity index (χ4n) is 5.07. The molecule has 1 aliphatic heterocycles. The van der Waals surface area contributed by atoms with Gasteiger partial charge in [0.2, 0.25) is 0 Å². The zero-order chi connectivity index (χ0) is 24.3. The summed E-state index contributed by atoms with van der Waals surface area (Å²) in [6.07, 6.45) is 13.0. The standard InChI is InChI=1S/C28H32N8/c1-2-3-5-11-30-21-14-19(16-29-18-21)20-15-22-25(34-35-27(22)31-17-20)28-32-23-9-8-10-24(26(23)33-28)36-12-6-4-7-13-36/h8-10,14-18,30H,2-7,11-13H2,1H3,(H,32,33)(H,31,34,35). The fourth-order valence-corrected chi connectivity index (χ4v) is 5.07. The van der Waals surface area contributed by atoms with E-state index in [9.17, 15) is 0 Å². The van der Waals surface area contributed by atoms with Crippen LogP contribution in [0, 0.1) is 0 Å². The Bertz CT molecular complexity index is 1480. The number of H-pyrrole nitrogens is 2. The van der Waals surface area contributed by atoms with Gasteiger partial charge in [0.25, 0.3) is 0 Å². The van der Waals surface area contributed by atoms with Crippen molar-refractivity contribution in [1.29, 1.82) is 0 Å². The zero-order valence-corrected chi connectivity index (χ0v) is 20.7. The van der Waals surface area contributed by atoms with E-state index in [1.54, 1.807) is 0 Å². The highest BCUT2D eigenvalue weighted by Gasteiger charge is 2.19. The number of rotatable bonds is 8. The summed E-state index contributed by atoms with van der Waals surface area (Å²) < 4.78 is 0. The zero-order valence-electron chi connectivity index (χ0n) is 20.7. The van der Waals surface area contributed by atoms with Crippen molar-refractivity contribution in [3.05, 3.63) is 48.9 Å². The molecular formula is C28H32N8. The van der Waals surface area contributed by atoms with Crippen molar-refractivity contribution in [1.82, 2.24) is 30.1 Å². The predicted molar refractivity (Wildman–Crippen MR) is 146 cm³/mol. The van der Waals surface area contributed by atoms with E-state index < -0.39 is 0 Å². The summed E-state index contributed by atoms with van der Waals surface area (Å²) in [5.41, 5.74) is 7.81. The van der Waals surface area contributed by atoms with Crippen LogP contribution in [0.15, 0.2) is 48.9 Å². The molecule has 6 rings (SSSR count). The van der Waals surface area contributed by atoms with Gasteiger partial charge in [-0.05, 0) is 49.9 Å².